The quantitative estimate of drug-likeness (QED) is 0.787. The zero-order valence-corrected chi connectivity index (χ0v) is 15.7. The van der Waals surface area contributed by atoms with E-state index in [2.05, 4.69) is 10.5 Å². The summed E-state index contributed by atoms with van der Waals surface area (Å²) in [7, 11) is 0. The number of carbonyl (C=O) groups is 2. The molecule has 2 rings (SSSR count). The van der Waals surface area contributed by atoms with Gasteiger partial charge in [0.15, 0.2) is 6.61 Å². The largest absolute Gasteiger partial charge is 0.481 e. The third kappa shape index (κ3) is 4.62. The van der Waals surface area contributed by atoms with E-state index < -0.39 is 12.6 Å². The summed E-state index contributed by atoms with van der Waals surface area (Å²) in [6, 6.07) is 3.30. The van der Waals surface area contributed by atoms with Crippen LogP contribution in [0.2, 0.25) is 0 Å². The van der Waals surface area contributed by atoms with Gasteiger partial charge >= 0.3 is 5.97 Å². The van der Waals surface area contributed by atoms with Crippen LogP contribution in [0.1, 0.15) is 45.4 Å². The van der Waals surface area contributed by atoms with E-state index in [9.17, 15) is 9.59 Å². The summed E-state index contributed by atoms with van der Waals surface area (Å²) in [6.45, 7) is 8.81. The fourth-order valence-electron chi connectivity index (χ4n) is 2.90. The molecule has 1 unspecified atom stereocenters. The molecule has 140 valence electrons. The average molecular weight is 360 g/mol. The fraction of sp³-hybridized carbons (Fsp3) is 0.421. The van der Waals surface area contributed by atoms with Gasteiger partial charge in [0.05, 0.1) is 5.69 Å². The number of ether oxygens (including phenoxy) is 1. The third-order valence-electron chi connectivity index (χ3n) is 4.13. The summed E-state index contributed by atoms with van der Waals surface area (Å²) in [5.41, 5.74) is 3.77. The summed E-state index contributed by atoms with van der Waals surface area (Å²) < 4.78 is 10.4. The van der Waals surface area contributed by atoms with Crippen molar-refractivity contribution in [2.75, 3.05) is 6.61 Å². The van der Waals surface area contributed by atoms with Gasteiger partial charge in [-0.05, 0) is 64.3 Å². The Bertz CT molecular complexity index is 783. The number of amides is 1. The lowest BCUT2D eigenvalue weighted by atomic mass is 10.0. The van der Waals surface area contributed by atoms with E-state index in [0.29, 0.717) is 17.7 Å². The van der Waals surface area contributed by atoms with Crippen LogP contribution in [0.3, 0.4) is 0 Å². The van der Waals surface area contributed by atoms with Crippen molar-refractivity contribution in [3.63, 3.8) is 0 Å². The molecular formula is C19H24N2O5. The number of hydrogen-bond donors (Lipinski definition) is 2. The zero-order chi connectivity index (χ0) is 19.4. The van der Waals surface area contributed by atoms with Crippen LogP contribution < -0.4 is 10.1 Å². The predicted molar refractivity (Wildman–Crippen MR) is 95.7 cm³/mol. The maximum absolute atomic E-state index is 12.6. The number of carboxylic acids is 1. The molecule has 2 aromatic rings. The second kappa shape index (κ2) is 8.03. The molecule has 0 saturated heterocycles. The first-order valence-electron chi connectivity index (χ1n) is 8.37. The third-order valence-corrected chi connectivity index (χ3v) is 4.13. The smallest absolute Gasteiger partial charge is 0.341 e. The zero-order valence-electron chi connectivity index (χ0n) is 15.7. The molecule has 0 bridgehead atoms. The van der Waals surface area contributed by atoms with Gasteiger partial charge in [0.2, 0.25) is 0 Å². The molecule has 0 aliphatic rings. The molecule has 1 amide bonds. The van der Waals surface area contributed by atoms with Gasteiger partial charge in [-0.15, -0.1) is 0 Å². The molecule has 0 aliphatic carbocycles. The lowest BCUT2D eigenvalue weighted by Gasteiger charge is -2.16. The van der Waals surface area contributed by atoms with Crippen LogP contribution in [-0.2, 0) is 11.2 Å². The van der Waals surface area contributed by atoms with E-state index in [1.807, 2.05) is 20.8 Å². The van der Waals surface area contributed by atoms with Crippen LogP contribution in [-0.4, -0.2) is 34.8 Å². The highest BCUT2D eigenvalue weighted by molar-refractivity contribution is 5.95. The number of carbonyl (C=O) groups excluding carboxylic acids is 1. The summed E-state index contributed by atoms with van der Waals surface area (Å²) in [4.78, 5) is 23.2. The van der Waals surface area contributed by atoms with Crippen molar-refractivity contribution in [3.05, 3.63) is 45.8 Å². The summed E-state index contributed by atoms with van der Waals surface area (Å²) in [5.74, 6) is 0.0157. The van der Waals surface area contributed by atoms with Crippen molar-refractivity contribution in [1.29, 1.82) is 0 Å². The minimum absolute atomic E-state index is 0.0946. The first-order chi connectivity index (χ1) is 12.2. The monoisotopic (exact) mass is 360 g/mol. The van der Waals surface area contributed by atoms with Crippen molar-refractivity contribution >= 4 is 11.9 Å². The Morgan fingerprint density at radius 1 is 1.23 bits per heavy atom. The first-order valence-corrected chi connectivity index (χ1v) is 8.37. The minimum Gasteiger partial charge on any atom is -0.481 e. The first kappa shape index (κ1) is 19.5. The van der Waals surface area contributed by atoms with Gasteiger partial charge in [-0.3, -0.25) is 4.79 Å². The molecule has 2 N–H and O–H groups in total. The summed E-state index contributed by atoms with van der Waals surface area (Å²) >= 11 is 0. The molecule has 0 spiro atoms. The highest BCUT2D eigenvalue weighted by atomic mass is 16.5. The summed E-state index contributed by atoms with van der Waals surface area (Å²) in [5, 5.41) is 15.6. The maximum atomic E-state index is 12.6. The number of nitrogens with one attached hydrogen (secondary N) is 1. The van der Waals surface area contributed by atoms with Gasteiger partial charge in [-0.1, -0.05) is 5.16 Å². The molecular weight excluding hydrogens is 336 g/mol. The Balaban J connectivity index is 2.08. The number of benzene rings is 1. The lowest BCUT2D eigenvalue weighted by Crippen LogP contribution is -2.34. The van der Waals surface area contributed by atoms with Crippen molar-refractivity contribution in [1.82, 2.24) is 10.5 Å². The Morgan fingerprint density at radius 3 is 2.35 bits per heavy atom. The van der Waals surface area contributed by atoms with E-state index >= 15 is 0 Å². The van der Waals surface area contributed by atoms with E-state index in [4.69, 9.17) is 14.4 Å². The molecule has 0 radical (unpaired) electrons. The van der Waals surface area contributed by atoms with Crippen LogP contribution in [0.15, 0.2) is 16.7 Å². The predicted octanol–water partition coefficient (Wildman–Crippen LogP) is 2.73. The van der Waals surface area contributed by atoms with Crippen molar-refractivity contribution in [3.8, 4) is 5.75 Å². The molecule has 0 aliphatic heterocycles. The Kier molecular flexibility index (Phi) is 6.02. The average Bonchev–Trinajstić information content (AvgIpc) is 2.85. The topological polar surface area (TPSA) is 102 Å². The Morgan fingerprint density at radius 2 is 1.85 bits per heavy atom. The number of hydrogen-bond acceptors (Lipinski definition) is 5. The maximum Gasteiger partial charge on any atom is 0.341 e. The second-order valence-electron chi connectivity index (χ2n) is 6.50. The SMILES string of the molecule is Cc1cc(C(=O)NC(C)Cc2c(C)noc2C)cc(C)c1OCC(=O)O. The highest BCUT2D eigenvalue weighted by Crippen LogP contribution is 2.25. The van der Waals surface area contributed by atoms with E-state index in [1.54, 1.807) is 26.0 Å². The Labute approximate surface area is 152 Å². The van der Waals surface area contributed by atoms with Gasteiger partial charge in [-0.2, -0.15) is 0 Å². The van der Waals surface area contributed by atoms with Gasteiger partial charge in [0, 0.05) is 17.2 Å². The number of aryl methyl sites for hydroxylation is 4. The van der Waals surface area contributed by atoms with E-state index in [1.165, 1.54) is 0 Å². The van der Waals surface area contributed by atoms with Crippen LogP contribution in [0.5, 0.6) is 5.75 Å². The molecule has 7 heteroatoms. The minimum atomic E-state index is -1.04. The second-order valence-corrected chi connectivity index (χ2v) is 6.50. The van der Waals surface area contributed by atoms with Gasteiger partial charge in [0.1, 0.15) is 11.5 Å². The van der Waals surface area contributed by atoms with Crippen LogP contribution in [0.4, 0.5) is 0 Å². The molecule has 26 heavy (non-hydrogen) atoms. The number of nitrogens with zero attached hydrogens (tertiary/aromatic N) is 1. The number of aromatic nitrogens is 1. The normalized spacial score (nSPS) is 11.9. The molecule has 0 saturated carbocycles. The molecule has 1 aromatic carbocycles. The molecule has 7 nitrogen and oxygen atoms in total. The number of rotatable bonds is 7. The molecule has 1 aromatic heterocycles. The van der Waals surface area contributed by atoms with Crippen molar-refractivity contribution in [2.45, 2.75) is 47.1 Å². The number of aliphatic carboxylic acids is 1. The van der Waals surface area contributed by atoms with Gasteiger partial charge in [0.25, 0.3) is 5.91 Å². The van der Waals surface area contributed by atoms with Crippen molar-refractivity contribution in [2.24, 2.45) is 0 Å². The number of carboxylic acid groups (broad SMARTS) is 1. The molecule has 0 fully saturated rings. The fourth-order valence-corrected chi connectivity index (χ4v) is 2.90. The lowest BCUT2D eigenvalue weighted by molar-refractivity contribution is -0.139. The van der Waals surface area contributed by atoms with Crippen LogP contribution in [0, 0.1) is 27.7 Å². The van der Waals surface area contributed by atoms with E-state index in [0.717, 1.165) is 28.1 Å². The summed E-state index contributed by atoms with van der Waals surface area (Å²) in [6.07, 6.45) is 0.630. The Hall–Kier alpha value is -2.83. The molecule has 1 atom stereocenters. The van der Waals surface area contributed by atoms with E-state index in [-0.39, 0.29) is 11.9 Å². The van der Waals surface area contributed by atoms with Crippen LogP contribution in [0.25, 0.3) is 0 Å². The highest BCUT2D eigenvalue weighted by Gasteiger charge is 2.17. The molecule has 1 heterocycles. The van der Waals surface area contributed by atoms with Gasteiger partial charge < -0.3 is 19.7 Å². The van der Waals surface area contributed by atoms with Gasteiger partial charge in [-0.25, -0.2) is 4.79 Å². The van der Waals surface area contributed by atoms with Crippen LogP contribution >= 0.6 is 0 Å². The van der Waals surface area contributed by atoms with Crippen molar-refractivity contribution < 1.29 is 24.0 Å². The standard InChI is InChI=1S/C19H24N2O5/c1-10-6-15(7-11(2)18(10)25-9-17(22)23)19(24)20-12(3)8-16-13(4)21-26-14(16)5/h6-7,12H,8-9H2,1-5H3,(H,20,24)(H,22,23).